The van der Waals surface area contributed by atoms with Crippen molar-refractivity contribution in [2.24, 2.45) is 5.92 Å². The number of benzene rings is 2. The second-order valence-electron chi connectivity index (χ2n) is 8.20. The molecular weight excluding hydrogens is 381 g/mol. The minimum atomic E-state index is -0.647. The molecule has 0 aliphatic carbocycles. The zero-order valence-electron chi connectivity index (χ0n) is 17.6. The fourth-order valence-electron chi connectivity index (χ4n) is 3.84. The molecule has 3 rings (SSSR count). The Morgan fingerprint density at radius 1 is 1.10 bits per heavy atom. The van der Waals surface area contributed by atoms with Gasteiger partial charge in [0.25, 0.3) is 5.91 Å². The number of carbonyl (C=O) groups excluding carboxylic acids is 2. The van der Waals surface area contributed by atoms with Crippen LogP contribution in [-0.2, 0) is 11.3 Å². The third kappa shape index (κ3) is 5.89. The number of likely N-dealkylation sites (tertiary alicyclic amines) is 1. The Morgan fingerprint density at radius 2 is 1.80 bits per heavy atom. The number of rotatable bonds is 8. The van der Waals surface area contributed by atoms with Crippen LogP contribution in [0, 0.1) is 11.7 Å². The Bertz CT molecular complexity index is 839. The smallest absolute Gasteiger partial charge is 0.251 e. The lowest BCUT2D eigenvalue weighted by Crippen LogP contribution is -2.51. The van der Waals surface area contributed by atoms with Gasteiger partial charge >= 0.3 is 0 Å². The number of nitrogens with one attached hydrogen (secondary N) is 2. The molecule has 2 N–H and O–H groups in total. The van der Waals surface area contributed by atoms with Crippen LogP contribution < -0.4 is 10.6 Å². The SMILES string of the molecule is CC(C)C(NC(=O)c1ccc(F)cc1)C(=O)NCC1CCCN1Cc1ccccc1. The van der Waals surface area contributed by atoms with E-state index >= 15 is 0 Å². The molecule has 1 aliphatic rings. The molecule has 160 valence electrons. The molecule has 0 radical (unpaired) electrons. The molecule has 2 atom stereocenters. The first-order valence-electron chi connectivity index (χ1n) is 10.6. The van der Waals surface area contributed by atoms with Crippen molar-refractivity contribution in [3.63, 3.8) is 0 Å². The molecule has 1 aliphatic heterocycles. The van der Waals surface area contributed by atoms with E-state index < -0.39 is 11.9 Å². The number of hydrogen-bond donors (Lipinski definition) is 2. The predicted octanol–water partition coefficient (Wildman–Crippen LogP) is 3.36. The lowest BCUT2D eigenvalue weighted by Gasteiger charge is -2.27. The second-order valence-corrected chi connectivity index (χ2v) is 8.20. The molecule has 2 aromatic carbocycles. The Hall–Kier alpha value is -2.73. The van der Waals surface area contributed by atoms with Crippen LogP contribution in [0.5, 0.6) is 0 Å². The molecule has 5 nitrogen and oxygen atoms in total. The van der Waals surface area contributed by atoms with Crippen LogP contribution in [0.2, 0.25) is 0 Å². The third-order valence-electron chi connectivity index (χ3n) is 5.58. The molecule has 0 saturated carbocycles. The molecule has 0 spiro atoms. The maximum Gasteiger partial charge on any atom is 0.251 e. The van der Waals surface area contributed by atoms with Gasteiger partial charge in [0.1, 0.15) is 11.9 Å². The monoisotopic (exact) mass is 411 g/mol. The summed E-state index contributed by atoms with van der Waals surface area (Å²) < 4.78 is 13.1. The van der Waals surface area contributed by atoms with Crippen molar-refractivity contribution in [3.8, 4) is 0 Å². The Kier molecular flexibility index (Phi) is 7.57. The summed E-state index contributed by atoms with van der Waals surface area (Å²) in [5.41, 5.74) is 1.60. The lowest BCUT2D eigenvalue weighted by atomic mass is 10.0. The summed E-state index contributed by atoms with van der Waals surface area (Å²) in [5.74, 6) is -1.04. The van der Waals surface area contributed by atoms with Crippen molar-refractivity contribution in [2.45, 2.75) is 45.3 Å². The van der Waals surface area contributed by atoms with Gasteiger partial charge in [0.15, 0.2) is 0 Å². The van der Waals surface area contributed by atoms with Crippen LogP contribution in [0.4, 0.5) is 4.39 Å². The highest BCUT2D eigenvalue weighted by molar-refractivity contribution is 5.97. The van der Waals surface area contributed by atoms with E-state index in [1.807, 2.05) is 32.0 Å². The first-order chi connectivity index (χ1) is 14.4. The van der Waals surface area contributed by atoms with Crippen molar-refractivity contribution in [3.05, 3.63) is 71.5 Å². The first-order valence-corrected chi connectivity index (χ1v) is 10.6. The van der Waals surface area contributed by atoms with Crippen molar-refractivity contribution in [1.82, 2.24) is 15.5 Å². The van der Waals surface area contributed by atoms with Gasteiger partial charge in [-0.15, -0.1) is 0 Å². The van der Waals surface area contributed by atoms with Gasteiger partial charge in [-0.05, 0) is 55.1 Å². The largest absolute Gasteiger partial charge is 0.353 e. The predicted molar refractivity (Wildman–Crippen MR) is 115 cm³/mol. The van der Waals surface area contributed by atoms with Crippen LogP contribution >= 0.6 is 0 Å². The molecule has 2 unspecified atom stereocenters. The standard InChI is InChI=1S/C24H30FN3O2/c1-17(2)22(27-23(29)19-10-12-20(25)13-11-19)24(30)26-15-21-9-6-14-28(21)16-18-7-4-3-5-8-18/h3-5,7-8,10-13,17,21-22H,6,9,14-16H2,1-2H3,(H,26,30)(H,27,29). The van der Waals surface area contributed by atoms with Gasteiger partial charge in [-0.3, -0.25) is 14.5 Å². The average molecular weight is 412 g/mol. The summed E-state index contributed by atoms with van der Waals surface area (Å²) in [4.78, 5) is 27.7. The summed E-state index contributed by atoms with van der Waals surface area (Å²) >= 11 is 0. The van der Waals surface area contributed by atoms with Gasteiger partial charge in [0.2, 0.25) is 5.91 Å². The molecule has 30 heavy (non-hydrogen) atoms. The normalized spacial score (nSPS) is 17.7. The average Bonchev–Trinajstić information content (AvgIpc) is 3.18. The van der Waals surface area contributed by atoms with Gasteiger partial charge in [-0.25, -0.2) is 4.39 Å². The maximum absolute atomic E-state index is 13.1. The van der Waals surface area contributed by atoms with Crippen LogP contribution in [-0.4, -0.2) is 41.9 Å². The number of carbonyl (C=O) groups is 2. The van der Waals surface area contributed by atoms with E-state index in [-0.39, 0.29) is 23.8 Å². The molecule has 2 amide bonds. The summed E-state index contributed by atoms with van der Waals surface area (Å²) in [6.07, 6.45) is 2.16. The lowest BCUT2D eigenvalue weighted by molar-refractivity contribution is -0.124. The second kappa shape index (κ2) is 10.3. The summed E-state index contributed by atoms with van der Waals surface area (Å²) in [7, 11) is 0. The van der Waals surface area contributed by atoms with E-state index in [4.69, 9.17) is 0 Å². The fraction of sp³-hybridized carbons (Fsp3) is 0.417. The number of hydrogen-bond acceptors (Lipinski definition) is 3. The molecule has 0 aromatic heterocycles. The van der Waals surface area contributed by atoms with Crippen molar-refractivity contribution >= 4 is 11.8 Å². The first kappa shape index (κ1) is 22.0. The summed E-state index contributed by atoms with van der Waals surface area (Å²) in [5, 5.41) is 5.82. The van der Waals surface area contributed by atoms with Crippen molar-refractivity contribution < 1.29 is 14.0 Å². The van der Waals surface area contributed by atoms with Gasteiger partial charge in [0, 0.05) is 24.7 Å². The Labute approximate surface area is 177 Å². The van der Waals surface area contributed by atoms with Gasteiger partial charge in [0.05, 0.1) is 0 Å². The number of nitrogens with zero attached hydrogens (tertiary/aromatic N) is 1. The summed E-state index contributed by atoms with van der Waals surface area (Å²) in [6.45, 7) is 6.24. The fourth-order valence-corrected chi connectivity index (χ4v) is 3.84. The van der Waals surface area contributed by atoms with E-state index in [0.717, 1.165) is 25.9 Å². The Balaban J connectivity index is 1.55. The van der Waals surface area contributed by atoms with Crippen LogP contribution in [0.3, 0.4) is 0 Å². The quantitative estimate of drug-likeness (QED) is 0.700. The number of amides is 2. The molecule has 6 heteroatoms. The van der Waals surface area contributed by atoms with E-state index in [2.05, 4.69) is 27.7 Å². The van der Waals surface area contributed by atoms with Gasteiger partial charge < -0.3 is 10.6 Å². The molecular formula is C24H30FN3O2. The van der Waals surface area contributed by atoms with E-state index in [9.17, 15) is 14.0 Å². The van der Waals surface area contributed by atoms with E-state index in [0.29, 0.717) is 12.1 Å². The van der Waals surface area contributed by atoms with E-state index in [1.165, 1.54) is 29.8 Å². The van der Waals surface area contributed by atoms with Crippen LogP contribution in [0.25, 0.3) is 0 Å². The van der Waals surface area contributed by atoms with Crippen LogP contribution in [0.1, 0.15) is 42.6 Å². The highest BCUT2D eigenvalue weighted by Crippen LogP contribution is 2.19. The van der Waals surface area contributed by atoms with Crippen molar-refractivity contribution in [1.29, 1.82) is 0 Å². The molecule has 1 fully saturated rings. The molecule has 2 aromatic rings. The topological polar surface area (TPSA) is 61.4 Å². The third-order valence-corrected chi connectivity index (χ3v) is 5.58. The maximum atomic E-state index is 13.1. The minimum Gasteiger partial charge on any atom is -0.353 e. The molecule has 1 saturated heterocycles. The van der Waals surface area contributed by atoms with E-state index in [1.54, 1.807) is 0 Å². The van der Waals surface area contributed by atoms with Crippen LogP contribution in [0.15, 0.2) is 54.6 Å². The van der Waals surface area contributed by atoms with Gasteiger partial charge in [-0.2, -0.15) is 0 Å². The zero-order chi connectivity index (χ0) is 21.5. The van der Waals surface area contributed by atoms with Gasteiger partial charge in [-0.1, -0.05) is 44.2 Å². The highest BCUT2D eigenvalue weighted by Gasteiger charge is 2.28. The zero-order valence-corrected chi connectivity index (χ0v) is 17.6. The highest BCUT2D eigenvalue weighted by atomic mass is 19.1. The van der Waals surface area contributed by atoms with Crippen molar-refractivity contribution in [2.75, 3.05) is 13.1 Å². The Morgan fingerprint density at radius 3 is 2.47 bits per heavy atom. The number of halogens is 1. The molecule has 0 bridgehead atoms. The summed E-state index contributed by atoms with van der Waals surface area (Å²) in [6, 6.07) is 15.3. The minimum absolute atomic E-state index is 0.0709. The molecule has 1 heterocycles.